The van der Waals surface area contributed by atoms with Gasteiger partial charge in [-0.2, -0.15) is 0 Å². The molecule has 92 valence electrons. The zero-order valence-corrected chi connectivity index (χ0v) is 11.2. The Bertz CT molecular complexity index is 438. The minimum absolute atomic E-state index is 0.402. The SMILES string of the molecule is Cc1ccc(C(N)=S)c(NCC2(C)CCC2)n1. The molecule has 0 saturated heterocycles. The summed E-state index contributed by atoms with van der Waals surface area (Å²) in [5.74, 6) is 0.825. The van der Waals surface area contributed by atoms with Gasteiger partial charge in [0.15, 0.2) is 0 Å². The van der Waals surface area contributed by atoms with Crippen LogP contribution < -0.4 is 11.1 Å². The Labute approximate surface area is 108 Å². The van der Waals surface area contributed by atoms with Gasteiger partial charge in [0.25, 0.3) is 0 Å². The van der Waals surface area contributed by atoms with Crippen molar-refractivity contribution in [3.63, 3.8) is 0 Å². The van der Waals surface area contributed by atoms with E-state index in [1.54, 1.807) is 0 Å². The highest BCUT2D eigenvalue weighted by Crippen LogP contribution is 2.40. The minimum atomic E-state index is 0.402. The number of nitrogens with one attached hydrogen (secondary N) is 1. The summed E-state index contributed by atoms with van der Waals surface area (Å²) < 4.78 is 0. The molecule has 0 unspecified atom stereocenters. The standard InChI is InChI=1S/C13H19N3S/c1-9-4-5-10(11(14)17)12(16-9)15-8-13(2)6-3-7-13/h4-5H,3,6-8H2,1-2H3,(H2,14,17)(H,15,16). The lowest BCUT2D eigenvalue weighted by molar-refractivity contribution is 0.180. The first-order valence-corrected chi connectivity index (χ1v) is 6.42. The molecule has 1 saturated carbocycles. The van der Waals surface area contributed by atoms with Gasteiger partial charge in [-0.3, -0.25) is 0 Å². The quantitative estimate of drug-likeness (QED) is 0.805. The molecule has 1 aliphatic rings. The molecule has 0 amide bonds. The summed E-state index contributed by atoms with van der Waals surface area (Å²) in [6.45, 7) is 5.22. The van der Waals surface area contributed by atoms with Gasteiger partial charge in [-0.25, -0.2) is 4.98 Å². The van der Waals surface area contributed by atoms with E-state index in [9.17, 15) is 0 Å². The van der Waals surface area contributed by atoms with Gasteiger partial charge in [-0.05, 0) is 37.3 Å². The van der Waals surface area contributed by atoms with Crippen LogP contribution in [0, 0.1) is 12.3 Å². The van der Waals surface area contributed by atoms with E-state index in [-0.39, 0.29) is 0 Å². The van der Waals surface area contributed by atoms with Crippen LogP contribution in [-0.4, -0.2) is 16.5 Å². The molecule has 1 aromatic heterocycles. The van der Waals surface area contributed by atoms with Gasteiger partial charge < -0.3 is 11.1 Å². The molecular weight excluding hydrogens is 230 g/mol. The van der Waals surface area contributed by atoms with E-state index in [4.69, 9.17) is 18.0 Å². The van der Waals surface area contributed by atoms with Crippen molar-refractivity contribution in [3.8, 4) is 0 Å². The van der Waals surface area contributed by atoms with Gasteiger partial charge in [0.05, 0.1) is 5.56 Å². The number of thiocarbonyl (C=S) groups is 1. The van der Waals surface area contributed by atoms with Crippen LogP contribution in [0.2, 0.25) is 0 Å². The number of rotatable bonds is 4. The zero-order chi connectivity index (χ0) is 12.5. The van der Waals surface area contributed by atoms with Crippen molar-refractivity contribution in [2.24, 2.45) is 11.1 Å². The maximum absolute atomic E-state index is 5.70. The monoisotopic (exact) mass is 249 g/mol. The Morgan fingerprint density at radius 2 is 2.24 bits per heavy atom. The molecule has 0 spiro atoms. The van der Waals surface area contributed by atoms with Crippen LogP contribution in [0.25, 0.3) is 0 Å². The Morgan fingerprint density at radius 3 is 2.76 bits per heavy atom. The predicted octanol–water partition coefficient (Wildman–Crippen LogP) is 2.63. The van der Waals surface area contributed by atoms with Gasteiger partial charge in [-0.15, -0.1) is 0 Å². The highest BCUT2D eigenvalue weighted by Gasteiger charge is 2.31. The fourth-order valence-electron chi connectivity index (χ4n) is 2.14. The van der Waals surface area contributed by atoms with E-state index >= 15 is 0 Å². The van der Waals surface area contributed by atoms with Crippen molar-refractivity contribution >= 4 is 23.0 Å². The molecule has 4 heteroatoms. The first kappa shape index (κ1) is 12.3. The van der Waals surface area contributed by atoms with Gasteiger partial charge in [0.1, 0.15) is 10.8 Å². The van der Waals surface area contributed by atoms with Crippen LogP contribution >= 0.6 is 12.2 Å². The molecule has 0 bridgehead atoms. The first-order chi connectivity index (χ1) is 8.00. The molecule has 0 aromatic carbocycles. The Balaban J connectivity index is 2.13. The summed E-state index contributed by atoms with van der Waals surface area (Å²) in [5.41, 5.74) is 7.94. The number of nitrogens with two attached hydrogens (primary N) is 1. The largest absolute Gasteiger partial charge is 0.389 e. The lowest BCUT2D eigenvalue weighted by atomic mass is 9.70. The molecule has 2 rings (SSSR count). The zero-order valence-electron chi connectivity index (χ0n) is 10.4. The van der Waals surface area contributed by atoms with E-state index < -0.39 is 0 Å². The molecule has 1 aromatic rings. The number of aryl methyl sites for hydroxylation is 1. The number of anilines is 1. The van der Waals surface area contributed by atoms with Crippen molar-refractivity contribution in [3.05, 3.63) is 23.4 Å². The number of hydrogen-bond donors (Lipinski definition) is 2. The van der Waals surface area contributed by atoms with Gasteiger partial charge in [0.2, 0.25) is 0 Å². The molecule has 1 aliphatic carbocycles. The van der Waals surface area contributed by atoms with Crippen LogP contribution in [0.1, 0.15) is 37.4 Å². The summed E-state index contributed by atoms with van der Waals surface area (Å²) in [6.07, 6.45) is 3.91. The molecule has 1 fully saturated rings. The van der Waals surface area contributed by atoms with Crippen molar-refractivity contribution in [1.82, 2.24) is 4.98 Å². The highest BCUT2D eigenvalue weighted by atomic mass is 32.1. The number of aromatic nitrogens is 1. The number of nitrogens with zero attached hydrogens (tertiary/aromatic N) is 1. The summed E-state index contributed by atoms with van der Waals surface area (Å²) >= 11 is 5.04. The molecule has 1 heterocycles. The third-order valence-electron chi connectivity index (χ3n) is 3.54. The molecule has 0 aliphatic heterocycles. The van der Waals surface area contributed by atoms with Crippen LogP contribution in [0.4, 0.5) is 5.82 Å². The topological polar surface area (TPSA) is 50.9 Å². The van der Waals surface area contributed by atoms with Crippen molar-refractivity contribution in [2.45, 2.75) is 33.1 Å². The van der Waals surface area contributed by atoms with Crippen molar-refractivity contribution in [2.75, 3.05) is 11.9 Å². The second kappa shape index (κ2) is 4.61. The van der Waals surface area contributed by atoms with Gasteiger partial charge in [0, 0.05) is 12.2 Å². The second-order valence-corrected chi connectivity index (χ2v) is 5.67. The maximum atomic E-state index is 5.70. The molecule has 17 heavy (non-hydrogen) atoms. The Hall–Kier alpha value is -1.16. The summed E-state index contributed by atoms with van der Waals surface area (Å²) in [6, 6.07) is 3.88. The molecule has 3 N–H and O–H groups in total. The van der Waals surface area contributed by atoms with E-state index in [0.29, 0.717) is 10.4 Å². The van der Waals surface area contributed by atoms with Crippen LogP contribution in [-0.2, 0) is 0 Å². The molecule has 3 nitrogen and oxygen atoms in total. The third-order valence-corrected chi connectivity index (χ3v) is 3.76. The van der Waals surface area contributed by atoms with E-state index in [1.807, 2.05) is 19.1 Å². The van der Waals surface area contributed by atoms with E-state index in [0.717, 1.165) is 23.6 Å². The Morgan fingerprint density at radius 1 is 1.53 bits per heavy atom. The second-order valence-electron chi connectivity index (χ2n) is 5.23. The smallest absolute Gasteiger partial charge is 0.136 e. The van der Waals surface area contributed by atoms with E-state index in [2.05, 4.69) is 17.2 Å². The number of hydrogen-bond acceptors (Lipinski definition) is 3. The predicted molar refractivity (Wildman–Crippen MR) is 75.3 cm³/mol. The highest BCUT2D eigenvalue weighted by molar-refractivity contribution is 7.80. The number of pyridine rings is 1. The maximum Gasteiger partial charge on any atom is 0.136 e. The van der Waals surface area contributed by atoms with Gasteiger partial charge in [-0.1, -0.05) is 25.6 Å². The summed E-state index contributed by atoms with van der Waals surface area (Å²) in [7, 11) is 0. The van der Waals surface area contributed by atoms with Crippen LogP contribution in [0.15, 0.2) is 12.1 Å². The van der Waals surface area contributed by atoms with Crippen molar-refractivity contribution in [1.29, 1.82) is 0 Å². The lowest BCUT2D eigenvalue weighted by Crippen LogP contribution is -2.34. The normalized spacial score (nSPS) is 17.3. The summed E-state index contributed by atoms with van der Waals surface area (Å²) in [4.78, 5) is 4.88. The van der Waals surface area contributed by atoms with E-state index in [1.165, 1.54) is 19.3 Å². The minimum Gasteiger partial charge on any atom is -0.389 e. The molecule has 0 atom stereocenters. The average Bonchev–Trinajstić information content (AvgIpc) is 2.23. The lowest BCUT2D eigenvalue weighted by Gasteiger charge is -2.38. The average molecular weight is 249 g/mol. The van der Waals surface area contributed by atoms with Crippen LogP contribution in [0.3, 0.4) is 0 Å². The Kier molecular flexibility index (Phi) is 3.33. The van der Waals surface area contributed by atoms with Crippen molar-refractivity contribution < 1.29 is 0 Å². The first-order valence-electron chi connectivity index (χ1n) is 6.01. The van der Waals surface area contributed by atoms with Crippen LogP contribution in [0.5, 0.6) is 0 Å². The fraction of sp³-hybridized carbons (Fsp3) is 0.538. The fourth-order valence-corrected chi connectivity index (χ4v) is 2.31. The summed E-state index contributed by atoms with van der Waals surface area (Å²) in [5, 5.41) is 3.40. The molecule has 0 radical (unpaired) electrons. The van der Waals surface area contributed by atoms with Gasteiger partial charge >= 0.3 is 0 Å². The molecular formula is C13H19N3S. The third kappa shape index (κ3) is 2.75.